The van der Waals surface area contributed by atoms with Gasteiger partial charge in [0.2, 0.25) is 0 Å². The van der Waals surface area contributed by atoms with Gasteiger partial charge in [0.15, 0.2) is 0 Å². The third-order valence-electron chi connectivity index (χ3n) is 6.03. The van der Waals surface area contributed by atoms with Gasteiger partial charge in [-0.05, 0) is 76.4 Å². The number of carboxylic acids is 1. The Morgan fingerprint density at radius 2 is 1.65 bits per heavy atom. The fourth-order valence-corrected chi connectivity index (χ4v) is 4.11. The van der Waals surface area contributed by atoms with Crippen molar-refractivity contribution in [3.63, 3.8) is 0 Å². The van der Waals surface area contributed by atoms with Crippen LogP contribution in [-0.4, -0.2) is 18.2 Å². The van der Waals surface area contributed by atoms with E-state index in [2.05, 4.69) is 20.8 Å². The van der Waals surface area contributed by atoms with Crippen LogP contribution >= 0.6 is 0 Å². The topological polar surface area (TPSA) is 55.8 Å². The van der Waals surface area contributed by atoms with Gasteiger partial charge in [0.25, 0.3) is 0 Å². The molecule has 0 radical (unpaired) electrons. The van der Waals surface area contributed by atoms with Crippen molar-refractivity contribution in [2.75, 3.05) is 7.11 Å². The molecule has 0 aromatic heterocycles. The Bertz CT molecular complexity index is 1130. The number of hydrogen-bond donors (Lipinski definition) is 1. The summed E-state index contributed by atoms with van der Waals surface area (Å²) in [6, 6.07) is 18.4. The zero-order valence-electron chi connectivity index (χ0n) is 20.5. The van der Waals surface area contributed by atoms with Gasteiger partial charge in [-0.3, -0.25) is 4.79 Å². The predicted octanol–water partition coefficient (Wildman–Crippen LogP) is 7.35. The maximum Gasteiger partial charge on any atom is 0.303 e. The summed E-state index contributed by atoms with van der Waals surface area (Å²) in [4.78, 5) is 11.1. The van der Waals surface area contributed by atoms with Crippen molar-refractivity contribution in [1.82, 2.24) is 0 Å². The molecule has 4 nitrogen and oxygen atoms in total. The summed E-state index contributed by atoms with van der Waals surface area (Å²) in [6.45, 7) is 8.64. The van der Waals surface area contributed by atoms with Crippen LogP contribution in [0.1, 0.15) is 63.1 Å². The number of halogens is 1. The number of rotatable bonds is 9. The van der Waals surface area contributed by atoms with Crippen LogP contribution in [0.4, 0.5) is 4.39 Å². The van der Waals surface area contributed by atoms with E-state index in [1.807, 2.05) is 49.4 Å². The molecule has 0 bridgehead atoms. The summed E-state index contributed by atoms with van der Waals surface area (Å²) in [5.41, 5.74) is 4.09. The summed E-state index contributed by atoms with van der Waals surface area (Å²) < 4.78 is 26.2. The van der Waals surface area contributed by atoms with Gasteiger partial charge in [0.05, 0.1) is 13.5 Å². The molecule has 3 aromatic carbocycles. The largest absolute Gasteiger partial charge is 0.497 e. The maximum atomic E-state index is 14.8. The highest BCUT2D eigenvalue weighted by Crippen LogP contribution is 2.37. The molecule has 0 fully saturated rings. The minimum absolute atomic E-state index is 0.0168. The summed E-state index contributed by atoms with van der Waals surface area (Å²) in [7, 11) is 1.57. The highest BCUT2D eigenvalue weighted by molar-refractivity contribution is 5.71. The van der Waals surface area contributed by atoms with E-state index in [9.17, 15) is 9.18 Å². The number of methoxy groups -OCH3 is 1. The fraction of sp³-hybridized carbons (Fsp3) is 0.345. The van der Waals surface area contributed by atoms with Crippen LogP contribution < -0.4 is 9.47 Å². The molecule has 0 aliphatic carbocycles. The van der Waals surface area contributed by atoms with E-state index in [4.69, 9.17) is 14.6 Å². The van der Waals surface area contributed by atoms with Crippen LogP contribution in [0.15, 0.2) is 60.7 Å². The molecule has 0 heterocycles. The second kappa shape index (κ2) is 10.7. The van der Waals surface area contributed by atoms with E-state index in [1.165, 1.54) is 6.07 Å². The summed E-state index contributed by atoms with van der Waals surface area (Å²) >= 11 is 0. The molecule has 0 aliphatic rings. The molecular formula is C29H33FO4. The number of benzene rings is 3. The molecule has 0 aliphatic heterocycles. The number of hydrogen-bond acceptors (Lipinski definition) is 3. The molecule has 5 heteroatoms. The Morgan fingerprint density at radius 1 is 0.971 bits per heavy atom. The fourth-order valence-electron chi connectivity index (χ4n) is 4.11. The second-order valence-electron chi connectivity index (χ2n) is 9.54. The van der Waals surface area contributed by atoms with Crippen LogP contribution in [0, 0.1) is 5.82 Å². The Hall–Kier alpha value is -3.34. The molecule has 0 saturated carbocycles. The van der Waals surface area contributed by atoms with Crippen molar-refractivity contribution < 1.29 is 23.8 Å². The minimum atomic E-state index is -0.797. The van der Waals surface area contributed by atoms with E-state index in [0.717, 1.165) is 28.7 Å². The van der Waals surface area contributed by atoms with Gasteiger partial charge >= 0.3 is 5.97 Å². The van der Waals surface area contributed by atoms with Gasteiger partial charge in [-0.1, -0.05) is 52.0 Å². The standard InChI is InChI=1S/C29H33FO4/c1-6-20(16-28(31)32)21-8-10-22(11-9-21)34-18-19-7-13-26(29(2,3)4)24(15-19)25-17-23(33-5)12-14-27(25)30/h7-15,17,20H,6,16,18H2,1-5H3,(H,31,32). The molecule has 3 aromatic rings. The Balaban J connectivity index is 1.85. The normalized spacial score (nSPS) is 12.3. The summed E-state index contributed by atoms with van der Waals surface area (Å²) in [5.74, 6) is 0.187. The molecule has 1 unspecified atom stereocenters. The third kappa shape index (κ3) is 6.16. The quantitative estimate of drug-likeness (QED) is 0.360. The van der Waals surface area contributed by atoms with Crippen molar-refractivity contribution in [3.8, 4) is 22.6 Å². The average molecular weight is 465 g/mol. The zero-order valence-corrected chi connectivity index (χ0v) is 20.5. The molecule has 1 N–H and O–H groups in total. The van der Waals surface area contributed by atoms with Gasteiger partial charge in [0.1, 0.15) is 23.9 Å². The van der Waals surface area contributed by atoms with Crippen LogP contribution in [0.5, 0.6) is 11.5 Å². The molecule has 0 spiro atoms. The number of aliphatic carboxylic acids is 1. The average Bonchev–Trinajstić information content (AvgIpc) is 2.81. The zero-order chi connectivity index (χ0) is 24.9. The Kier molecular flexibility index (Phi) is 7.98. The number of carbonyl (C=O) groups is 1. The first-order valence-corrected chi connectivity index (χ1v) is 11.5. The van der Waals surface area contributed by atoms with Crippen molar-refractivity contribution in [1.29, 1.82) is 0 Å². The predicted molar refractivity (Wildman–Crippen MR) is 133 cm³/mol. The monoisotopic (exact) mass is 464 g/mol. The van der Waals surface area contributed by atoms with Gasteiger partial charge in [-0.2, -0.15) is 0 Å². The van der Waals surface area contributed by atoms with Crippen molar-refractivity contribution in [2.24, 2.45) is 0 Å². The number of ether oxygens (including phenoxy) is 2. The van der Waals surface area contributed by atoms with Gasteiger partial charge in [0, 0.05) is 5.56 Å². The molecule has 34 heavy (non-hydrogen) atoms. The van der Waals surface area contributed by atoms with Crippen LogP contribution in [0.25, 0.3) is 11.1 Å². The summed E-state index contributed by atoms with van der Waals surface area (Å²) in [5, 5.41) is 9.11. The lowest BCUT2D eigenvalue weighted by atomic mass is 9.81. The van der Waals surface area contributed by atoms with Crippen LogP contribution in [0.3, 0.4) is 0 Å². The number of carboxylic acid groups (broad SMARTS) is 1. The van der Waals surface area contributed by atoms with Crippen LogP contribution in [-0.2, 0) is 16.8 Å². The first-order valence-electron chi connectivity index (χ1n) is 11.5. The molecule has 1 atom stereocenters. The van der Waals surface area contributed by atoms with Crippen molar-refractivity contribution in [3.05, 3.63) is 83.2 Å². The molecule has 180 valence electrons. The van der Waals surface area contributed by atoms with Crippen molar-refractivity contribution >= 4 is 5.97 Å². The highest BCUT2D eigenvalue weighted by atomic mass is 19.1. The van der Waals surface area contributed by atoms with E-state index < -0.39 is 5.97 Å². The summed E-state index contributed by atoms with van der Waals surface area (Å²) in [6.07, 6.45) is 0.872. The van der Waals surface area contributed by atoms with Gasteiger partial charge in [-0.25, -0.2) is 4.39 Å². The Morgan fingerprint density at radius 3 is 2.24 bits per heavy atom. The van der Waals surface area contributed by atoms with Gasteiger partial charge < -0.3 is 14.6 Å². The highest BCUT2D eigenvalue weighted by Gasteiger charge is 2.21. The lowest BCUT2D eigenvalue weighted by molar-refractivity contribution is -0.137. The Labute approximate surface area is 201 Å². The molecule has 0 amide bonds. The van der Waals surface area contributed by atoms with Gasteiger partial charge in [-0.15, -0.1) is 0 Å². The molecule has 3 rings (SSSR count). The minimum Gasteiger partial charge on any atom is -0.497 e. The van der Waals surface area contributed by atoms with Crippen LogP contribution in [0.2, 0.25) is 0 Å². The maximum absolute atomic E-state index is 14.8. The van der Waals surface area contributed by atoms with E-state index in [-0.39, 0.29) is 23.6 Å². The first-order chi connectivity index (χ1) is 16.1. The SMILES string of the molecule is CCC(CC(=O)O)c1ccc(OCc2ccc(C(C)(C)C)c(-c3cc(OC)ccc3F)c2)cc1. The smallest absolute Gasteiger partial charge is 0.303 e. The molecule has 0 saturated heterocycles. The van der Waals surface area contributed by atoms with E-state index in [1.54, 1.807) is 19.2 Å². The third-order valence-corrected chi connectivity index (χ3v) is 6.03. The van der Waals surface area contributed by atoms with E-state index >= 15 is 0 Å². The first kappa shape index (κ1) is 25.3. The lowest BCUT2D eigenvalue weighted by Crippen LogP contribution is -2.13. The second-order valence-corrected chi connectivity index (χ2v) is 9.54. The van der Waals surface area contributed by atoms with E-state index in [0.29, 0.717) is 23.7 Å². The van der Waals surface area contributed by atoms with Crippen molar-refractivity contribution in [2.45, 2.75) is 58.5 Å². The molecular weight excluding hydrogens is 431 g/mol. The lowest BCUT2D eigenvalue weighted by Gasteiger charge is -2.24.